The average molecular weight is 214 g/mol. The van der Waals surface area contributed by atoms with E-state index in [2.05, 4.69) is 25.8 Å². The second-order valence-electron chi connectivity index (χ2n) is 4.67. The second-order valence-corrected chi connectivity index (χ2v) is 4.67. The highest BCUT2D eigenvalue weighted by Crippen LogP contribution is 2.27. The van der Waals surface area contributed by atoms with E-state index in [4.69, 9.17) is 10.5 Å². The van der Waals surface area contributed by atoms with Crippen molar-refractivity contribution in [2.75, 3.05) is 26.8 Å². The van der Waals surface area contributed by atoms with E-state index in [0.29, 0.717) is 12.6 Å². The summed E-state index contributed by atoms with van der Waals surface area (Å²) in [5.41, 5.74) is 6.06. The van der Waals surface area contributed by atoms with Crippen LogP contribution in [0.15, 0.2) is 0 Å². The van der Waals surface area contributed by atoms with Gasteiger partial charge in [0.2, 0.25) is 0 Å². The van der Waals surface area contributed by atoms with Crippen LogP contribution in [0.3, 0.4) is 0 Å². The maximum absolute atomic E-state index is 5.96. The zero-order chi connectivity index (χ0) is 11.3. The molecule has 0 saturated carbocycles. The molecule has 3 heteroatoms. The van der Waals surface area contributed by atoms with E-state index in [9.17, 15) is 0 Å². The van der Waals surface area contributed by atoms with Gasteiger partial charge in [-0.3, -0.25) is 4.90 Å². The Hall–Kier alpha value is -0.120. The molecule has 3 nitrogen and oxygen atoms in total. The maximum atomic E-state index is 5.96. The fourth-order valence-corrected chi connectivity index (χ4v) is 2.64. The van der Waals surface area contributed by atoms with Crippen molar-refractivity contribution in [1.29, 1.82) is 0 Å². The zero-order valence-corrected chi connectivity index (χ0v) is 10.5. The van der Waals surface area contributed by atoms with Gasteiger partial charge in [-0.15, -0.1) is 0 Å². The normalized spacial score (nSPS) is 27.6. The number of nitrogens with zero attached hydrogens (tertiary/aromatic N) is 1. The first-order chi connectivity index (χ1) is 7.20. The van der Waals surface area contributed by atoms with Gasteiger partial charge in [-0.1, -0.05) is 13.8 Å². The summed E-state index contributed by atoms with van der Waals surface area (Å²) in [6, 6.07) is 0.634. The molecule has 0 radical (unpaired) electrons. The van der Waals surface area contributed by atoms with Crippen molar-refractivity contribution >= 4 is 0 Å². The summed E-state index contributed by atoms with van der Waals surface area (Å²) in [6.07, 6.45) is 4.70. The summed E-state index contributed by atoms with van der Waals surface area (Å²) in [5, 5.41) is 0. The predicted octanol–water partition coefficient (Wildman–Crippen LogP) is 1.61. The van der Waals surface area contributed by atoms with Crippen molar-refractivity contribution < 1.29 is 4.74 Å². The highest BCUT2D eigenvalue weighted by Gasteiger charge is 2.37. The molecule has 1 fully saturated rings. The van der Waals surface area contributed by atoms with Crippen LogP contribution in [-0.4, -0.2) is 43.3 Å². The Labute approximate surface area is 94.0 Å². The van der Waals surface area contributed by atoms with Gasteiger partial charge in [-0.05, 0) is 32.7 Å². The van der Waals surface area contributed by atoms with Crippen LogP contribution in [0.25, 0.3) is 0 Å². The standard InChI is InChI=1S/C12H26N2O/c1-4-11(5-2)14(3)12(9-13)7-6-8-15-10-12/h11H,4-10,13H2,1-3H3. The lowest BCUT2D eigenvalue weighted by molar-refractivity contribution is -0.0520. The Kier molecular flexibility index (Phi) is 5.03. The van der Waals surface area contributed by atoms with Gasteiger partial charge >= 0.3 is 0 Å². The third-order valence-corrected chi connectivity index (χ3v) is 3.92. The van der Waals surface area contributed by atoms with Gasteiger partial charge in [-0.2, -0.15) is 0 Å². The Bertz CT molecular complexity index is 174. The molecule has 1 aliphatic rings. The maximum Gasteiger partial charge on any atom is 0.0662 e. The average Bonchev–Trinajstić information content (AvgIpc) is 2.31. The van der Waals surface area contributed by atoms with Crippen molar-refractivity contribution in [3.63, 3.8) is 0 Å². The lowest BCUT2D eigenvalue weighted by Crippen LogP contribution is -2.60. The van der Waals surface area contributed by atoms with Gasteiger partial charge in [0.15, 0.2) is 0 Å². The first kappa shape index (κ1) is 12.9. The Morgan fingerprint density at radius 2 is 2.07 bits per heavy atom. The Morgan fingerprint density at radius 1 is 1.40 bits per heavy atom. The number of rotatable bonds is 5. The summed E-state index contributed by atoms with van der Waals surface area (Å²) in [4.78, 5) is 2.46. The van der Waals surface area contributed by atoms with Gasteiger partial charge in [0.1, 0.15) is 0 Å². The van der Waals surface area contributed by atoms with Crippen LogP contribution in [0.1, 0.15) is 39.5 Å². The lowest BCUT2D eigenvalue weighted by atomic mass is 9.88. The summed E-state index contributed by atoms with van der Waals surface area (Å²) >= 11 is 0. The highest BCUT2D eigenvalue weighted by molar-refractivity contribution is 4.94. The van der Waals surface area contributed by atoms with Gasteiger partial charge in [-0.25, -0.2) is 0 Å². The fraction of sp³-hybridized carbons (Fsp3) is 1.00. The molecule has 0 bridgehead atoms. The molecule has 1 saturated heterocycles. The van der Waals surface area contributed by atoms with Gasteiger partial charge < -0.3 is 10.5 Å². The molecule has 2 N–H and O–H groups in total. The van der Waals surface area contributed by atoms with E-state index in [1.54, 1.807) is 0 Å². The van der Waals surface area contributed by atoms with Crippen LogP contribution in [0, 0.1) is 0 Å². The quantitative estimate of drug-likeness (QED) is 0.755. The summed E-state index contributed by atoms with van der Waals surface area (Å²) in [6.45, 7) is 6.91. The van der Waals surface area contributed by atoms with Crippen molar-refractivity contribution in [3.8, 4) is 0 Å². The lowest BCUT2D eigenvalue weighted by Gasteiger charge is -2.47. The predicted molar refractivity (Wildman–Crippen MR) is 64.0 cm³/mol. The van der Waals surface area contributed by atoms with Crippen LogP contribution in [0.2, 0.25) is 0 Å². The minimum absolute atomic E-state index is 0.0922. The minimum atomic E-state index is 0.0922. The van der Waals surface area contributed by atoms with Gasteiger partial charge in [0.25, 0.3) is 0 Å². The zero-order valence-electron chi connectivity index (χ0n) is 10.5. The first-order valence-corrected chi connectivity index (χ1v) is 6.21. The first-order valence-electron chi connectivity index (χ1n) is 6.21. The number of hydrogen-bond acceptors (Lipinski definition) is 3. The molecule has 0 spiro atoms. The molecule has 0 aromatic rings. The van der Waals surface area contributed by atoms with Crippen LogP contribution >= 0.6 is 0 Å². The molecule has 0 aromatic carbocycles. The third kappa shape index (κ3) is 2.71. The molecule has 1 heterocycles. The van der Waals surface area contributed by atoms with Crippen LogP contribution in [-0.2, 0) is 4.74 Å². The van der Waals surface area contributed by atoms with E-state index in [0.717, 1.165) is 19.6 Å². The number of nitrogens with two attached hydrogens (primary N) is 1. The molecule has 90 valence electrons. The van der Waals surface area contributed by atoms with Crippen LogP contribution < -0.4 is 5.73 Å². The molecule has 1 rings (SSSR count). The minimum Gasteiger partial charge on any atom is -0.379 e. The number of likely N-dealkylation sites (N-methyl/N-ethyl adjacent to an activating group) is 1. The van der Waals surface area contributed by atoms with Crippen molar-refractivity contribution in [3.05, 3.63) is 0 Å². The SMILES string of the molecule is CCC(CC)N(C)C1(CN)CCCOC1. The largest absolute Gasteiger partial charge is 0.379 e. The Balaban J connectivity index is 2.70. The van der Waals surface area contributed by atoms with Crippen LogP contribution in [0.4, 0.5) is 0 Å². The Morgan fingerprint density at radius 3 is 2.47 bits per heavy atom. The van der Waals surface area contributed by atoms with E-state index in [1.807, 2.05) is 0 Å². The molecule has 0 aliphatic carbocycles. The van der Waals surface area contributed by atoms with Gasteiger partial charge in [0.05, 0.1) is 12.1 Å². The molecule has 1 unspecified atom stereocenters. The molecule has 0 amide bonds. The molecule has 1 atom stereocenters. The van der Waals surface area contributed by atoms with Gasteiger partial charge in [0, 0.05) is 19.2 Å². The molecule has 0 aromatic heterocycles. The monoisotopic (exact) mass is 214 g/mol. The number of ether oxygens (including phenoxy) is 1. The van der Waals surface area contributed by atoms with E-state index in [-0.39, 0.29) is 5.54 Å². The summed E-state index contributed by atoms with van der Waals surface area (Å²) < 4.78 is 5.61. The summed E-state index contributed by atoms with van der Waals surface area (Å²) in [5.74, 6) is 0. The van der Waals surface area contributed by atoms with Crippen LogP contribution in [0.5, 0.6) is 0 Å². The van der Waals surface area contributed by atoms with E-state index >= 15 is 0 Å². The topological polar surface area (TPSA) is 38.5 Å². The number of hydrogen-bond donors (Lipinski definition) is 1. The van der Waals surface area contributed by atoms with E-state index in [1.165, 1.54) is 19.3 Å². The van der Waals surface area contributed by atoms with Crippen molar-refractivity contribution in [2.45, 2.75) is 51.1 Å². The summed E-state index contributed by atoms with van der Waals surface area (Å²) in [7, 11) is 2.21. The second kappa shape index (κ2) is 5.83. The molecular formula is C12H26N2O. The third-order valence-electron chi connectivity index (χ3n) is 3.92. The molecular weight excluding hydrogens is 188 g/mol. The smallest absolute Gasteiger partial charge is 0.0662 e. The fourth-order valence-electron chi connectivity index (χ4n) is 2.64. The molecule has 15 heavy (non-hydrogen) atoms. The van der Waals surface area contributed by atoms with E-state index < -0.39 is 0 Å². The van der Waals surface area contributed by atoms with Crippen molar-refractivity contribution in [2.24, 2.45) is 5.73 Å². The molecule has 1 aliphatic heterocycles. The highest BCUT2D eigenvalue weighted by atomic mass is 16.5. The van der Waals surface area contributed by atoms with Crippen molar-refractivity contribution in [1.82, 2.24) is 4.90 Å².